The molecule has 1 saturated carbocycles. The Morgan fingerprint density at radius 2 is 2.10 bits per heavy atom. The number of H-pyrrole nitrogens is 1. The number of halogens is 1. The number of hydrogen-bond donors (Lipinski definition) is 1. The molecular formula is C15H19FN2OS. The first-order chi connectivity index (χ1) is 9.61. The van der Waals surface area contributed by atoms with Crippen LogP contribution < -0.4 is 4.74 Å². The molecule has 1 aromatic carbocycles. The van der Waals surface area contributed by atoms with Crippen LogP contribution in [0.25, 0.3) is 11.0 Å². The van der Waals surface area contributed by atoms with Crippen LogP contribution in [-0.4, -0.2) is 16.7 Å². The zero-order chi connectivity index (χ0) is 14.3. The number of fused-ring (bicyclic) bond motifs is 1. The Kier molecular flexibility index (Phi) is 3.54. The third-order valence-electron chi connectivity index (χ3n) is 4.48. The maximum atomic E-state index is 13.8. The summed E-state index contributed by atoms with van der Waals surface area (Å²) < 4.78 is 21.6. The largest absolute Gasteiger partial charge is 0.494 e. The number of benzene rings is 1. The monoisotopic (exact) mass is 294 g/mol. The van der Waals surface area contributed by atoms with Gasteiger partial charge < -0.3 is 14.3 Å². The normalized spacial score (nSPS) is 17.8. The van der Waals surface area contributed by atoms with Gasteiger partial charge >= 0.3 is 0 Å². The molecular weight excluding hydrogens is 275 g/mol. The quantitative estimate of drug-likeness (QED) is 0.839. The number of nitrogens with one attached hydrogen (secondary N) is 1. The number of methoxy groups -OCH3 is 1. The summed E-state index contributed by atoms with van der Waals surface area (Å²) in [6, 6.07) is 3.53. The van der Waals surface area contributed by atoms with Crippen molar-refractivity contribution in [3.05, 3.63) is 22.7 Å². The van der Waals surface area contributed by atoms with E-state index in [1.807, 2.05) is 0 Å². The maximum absolute atomic E-state index is 13.8. The Morgan fingerprint density at radius 3 is 2.75 bits per heavy atom. The molecule has 1 atom stereocenters. The van der Waals surface area contributed by atoms with Crippen LogP contribution in [0.3, 0.4) is 0 Å². The molecule has 0 spiro atoms. The second-order valence-corrected chi connectivity index (χ2v) is 5.98. The summed E-state index contributed by atoms with van der Waals surface area (Å²) in [5.41, 5.74) is 1.66. The molecule has 0 amide bonds. The van der Waals surface area contributed by atoms with Crippen molar-refractivity contribution in [1.82, 2.24) is 9.55 Å². The second-order valence-electron chi connectivity index (χ2n) is 5.59. The number of ether oxygens (including phenoxy) is 1. The van der Waals surface area contributed by atoms with Crippen LogP contribution in [0.15, 0.2) is 12.1 Å². The van der Waals surface area contributed by atoms with Crippen LogP contribution in [0.1, 0.15) is 38.6 Å². The molecule has 1 heterocycles. The van der Waals surface area contributed by atoms with Crippen molar-refractivity contribution < 1.29 is 9.13 Å². The number of hydrogen-bond acceptors (Lipinski definition) is 2. The van der Waals surface area contributed by atoms with Gasteiger partial charge in [-0.3, -0.25) is 0 Å². The van der Waals surface area contributed by atoms with E-state index in [1.54, 1.807) is 6.07 Å². The Labute approximate surface area is 122 Å². The van der Waals surface area contributed by atoms with Crippen LogP contribution in [0, 0.1) is 16.5 Å². The molecule has 5 heteroatoms. The Hall–Kier alpha value is -1.36. The lowest BCUT2D eigenvalue weighted by Crippen LogP contribution is -2.14. The third kappa shape index (κ3) is 2.14. The third-order valence-corrected chi connectivity index (χ3v) is 4.78. The summed E-state index contributed by atoms with van der Waals surface area (Å²) in [6.07, 6.45) is 5.08. The van der Waals surface area contributed by atoms with Gasteiger partial charge in [0.25, 0.3) is 0 Å². The van der Waals surface area contributed by atoms with E-state index in [4.69, 9.17) is 17.0 Å². The second kappa shape index (κ2) is 5.20. The molecule has 1 aliphatic rings. The molecule has 0 saturated heterocycles. The highest BCUT2D eigenvalue weighted by Gasteiger charge is 2.25. The topological polar surface area (TPSA) is 29.9 Å². The number of imidazole rings is 1. The van der Waals surface area contributed by atoms with Gasteiger partial charge in [0.1, 0.15) is 0 Å². The number of rotatable bonds is 3. The minimum atomic E-state index is -0.364. The van der Waals surface area contributed by atoms with Crippen molar-refractivity contribution in [2.75, 3.05) is 7.11 Å². The average Bonchev–Trinajstić information content (AvgIpc) is 3.03. The molecule has 3 rings (SSSR count). The minimum Gasteiger partial charge on any atom is -0.494 e. The molecule has 1 aliphatic carbocycles. The summed E-state index contributed by atoms with van der Waals surface area (Å²) >= 11 is 5.43. The fourth-order valence-electron chi connectivity index (χ4n) is 3.34. The van der Waals surface area contributed by atoms with Crippen molar-refractivity contribution in [3.8, 4) is 5.75 Å². The lowest BCUT2D eigenvalue weighted by molar-refractivity contribution is 0.363. The average molecular weight is 294 g/mol. The van der Waals surface area contributed by atoms with E-state index in [1.165, 1.54) is 38.9 Å². The van der Waals surface area contributed by atoms with Crippen LogP contribution in [0.5, 0.6) is 5.75 Å². The van der Waals surface area contributed by atoms with Crippen LogP contribution >= 0.6 is 12.2 Å². The van der Waals surface area contributed by atoms with E-state index in [9.17, 15) is 4.39 Å². The van der Waals surface area contributed by atoms with Crippen molar-refractivity contribution in [2.45, 2.75) is 38.6 Å². The fraction of sp³-hybridized carbons (Fsp3) is 0.533. The lowest BCUT2D eigenvalue weighted by Gasteiger charge is -2.21. The first kappa shape index (κ1) is 13.6. The molecule has 0 aliphatic heterocycles. The number of nitrogens with zero attached hydrogens (tertiary/aromatic N) is 1. The highest BCUT2D eigenvalue weighted by molar-refractivity contribution is 7.71. The molecule has 108 valence electrons. The van der Waals surface area contributed by atoms with E-state index in [-0.39, 0.29) is 11.6 Å². The van der Waals surface area contributed by atoms with Gasteiger partial charge in [0, 0.05) is 18.2 Å². The van der Waals surface area contributed by atoms with E-state index in [2.05, 4.69) is 16.5 Å². The van der Waals surface area contributed by atoms with Crippen LogP contribution in [-0.2, 0) is 0 Å². The maximum Gasteiger partial charge on any atom is 0.178 e. The Balaban J connectivity index is 2.14. The Morgan fingerprint density at radius 1 is 1.40 bits per heavy atom. The first-order valence-corrected chi connectivity index (χ1v) is 7.50. The van der Waals surface area contributed by atoms with Gasteiger partial charge in [0.15, 0.2) is 16.3 Å². The first-order valence-electron chi connectivity index (χ1n) is 7.09. The molecule has 0 bridgehead atoms. The predicted molar refractivity (Wildman–Crippen MR) is 80.3 cm³/mol. The molecule has 1 unspecified atom stereocenters. The smallest absolute Gasteiger partial charge is 0.178 e. The molecule has 1 N–H and O–H groups in total. The van der Waals surface area contributed by atoms with E-state index in [0.717, 1.165) is 11.0 Å². The summed E-state index contributed by atoms with van der Waals surface area (Å²) in [5, 5.41) is 0. The molecule has 1 aromatic heterocycles. The minimum absolute atomic E-state index is 0.263. The van der Waals surface area contributed by atoms with Crippen LogP contribution in [0.2, 0.25) is 0 Å². The highest BCUT2D eigenvalue weighted by Crippen LogP contribution is 2.36. The zero-order valence-corrected chi connectivity index (χ0v) is 12.6. The van der Waals surface area contributed by atoms with Gasteiger partial charge in [0.2, 0.25) is 0 Å². The van der Waals surface area contributed by atoms with Crippen LogP contribution in [0.4, 0.5) is 4.39 Å². The van der Waals surface area contributed by atoms with Crippen molar-refractivity contribution in [1.29, 1.82) is 0 Å². The predicted octanol–water partition coefficient (Wildman–Crippen LogP) is 4.60. The highest BCUT2D eigenvalue weighted by atomic mass is 32.1. The van der Waals surface area contributed by atoms with E-state index >= 15 is 0 Å². The summed E-state index contributed by atoms with van der Waals surface area (Å²) in [6.45, 7) is 2.20. The molecule has 1 fully saturated rings. The van der Waals surface area contributed by atoms with E-state index < -0.39 is 0 Å². The number of aromatic amines is 1. The Bertz CT molecular complexity index is 685. The molecule has 20 heavy (non-hydrogen) atoms. The van der Waals surface area contributed by atoms with Gasteiger partial charge in [-0.2, -0.15) is 0 Å². The molecule has 3 nitrogen and oxygen atoms in total. The van der Waals surface area contributed by atoms with Crippen molar-refractivity contribution in [3.63, 3.8) is 0 Å². The van der Waals surface area contributed by atoms with Gasteiger partial charge in [0.05, 0.1) is 18.1 Å². The van der Waals surface area contributed by atoms with Gasteiger partial charge in [-0.15, -0.1) is 0 Å². The summed E-state index contributed by atoms with van der Waals surface area (Å²) in [4.78, 5) is 3.11. The standard InChI is InChI=1S/C15H19FN2OS/c1-9(10-5-3-4-6-10)18-13-8-14(19-2)11(16)7-12(13)17-15(18)20/h7-10H,3-6H2,1-2H3,(H,17,20). The lowest BCUT2D eigenvalue weighted by atomic mass is 9.99. The van der Waals surface area contributed by atoms with Crippen molar-refractivity contribution >= 4 is 23.3 Å². The van der Waals surface area contributed by atoms with Gasteiger partial charge in [-0.25, -0.2) is 4.39 Å². The molecule has 2 aromatic rings. The van der Waals surface area contributed by atoms with Gasteiger partial charge in [-0.05, 0) is 37.9 Å². The SMILES string of the molecule is COc1cc2c(cc1F)[nH]c(=S)n2C(C)C1CCCC1. The van der Waals surface area contributed by atoms with Crippen molar-refractivity contribution in [2.24, 2.45) is 5.92 Å². The zero-order valence-electron chi connectivity index (χ0n) is 11.8. The summed E-state index contributed by atoms with van der Waals surface area (Å²) in [7, 11) is 1.48. The molecule has 0 radical (unpaired) electrons. The number of aromatic nitrogens is 2. The van der Waals surface area contributed by atoms with E-state index in [0.29, 0.717) is 16.7 Å². The fourth-order valence-corrected chi connectivity index (χ4v) is 3.71. The summed E-state index contributed by atoms with van der Waals surface area (Å²) in [5.74, 6) is 0.549. The van der Waals surface area contributed by atoms with Gasteiger partial charge in [-0.1, -0.05) is 12.8 Å².